The normalized spacial score (nSPS) is 11.9. The zero-order chi connectivity index (χ0) is 34.5. The molecule has 0 aliphatic rings. The second-order valence-electron chi connectivity index (χ2n) is 12.6. The van der Waals surface area contributed by atoms with Crippen LogP contribution in [0.15, 0.2) is 121 Å². The van der Waals surface area contributed by atoms with Crippen molar-refractivity contribution >= 4 is 88.3 Å². The molecule has 7 aromatic carbocycles. The molecule has 10 aromatic rings. The topological polar surface area (TPSA) is 112 Å². The quantitative estimate of drug-likeness (QED) is 0.0843. The van der Waals surface area contributed by atoms with Gasteiger partial charge in [0, 0.05) is 53.0 Å². The Morgan fingerprint density at radius 1 is 0.569 bits per heavy atom. The first-order valence-corrected chi connectivity index (χ1v) is 17.1. The standard InChI is InChI=1S/C42H24BN3O4S/c43-34-37(47)33(38(48)40(50)39(34)49)35-25-14-3-6-17-28(25)44-42(45-35)21-10-9-11-22(20-21)46-29-18-7-4-15-26(29)31-23-12-1-2-13-24(23)41-32(36(31)46)27-16-5-8-19-30(27)51-41/h1-20,47-50H. The average Bonchev–Trinajstić information content (AvgIpc) is 3.73. The van der Waals surface area contributed by atoms with Gasteiger partial charge >= 0.3 is 0 Å². The van der Waals surface area contributed by atoms with Crippen LogP contribution >= 0.6 is 11.3 Å². The first-order valence-electron chi connectivity index (χ1n) is 16.3. The molecule has 0 aliphatic carbocycles. The van der Waals surface area contributed by atoms with E-state index in [2.05, 4.69) is 83.4 Å². The lowest BCUT2D eigenvalue weighted by Crippen LogP contribution is -2.07. The molecule has 0 saturated heterocycles. The van der Waals surface area contributed by atoms with Crippen LogP contribution in [0, 0.1) is 0 Å². The smallest absolute Gasteiger partial charge is 0.200 e. The highest BCUT2D eigenvalue weighted by molar-refractivity contribution is 7.27. The summed E-state index contributed by atoms with van der Waals surface area (Å²) < 4.78 is 4.78. The third-order valence-corrected chi connectivity index (χ3v) is 11.0. The van der Waals surface area contributed by atoms with E-state index in [1.54, 1.807) is 12.1 Å². The second-order valence-corrected chi connectivity index (χ2v) is 13.6. The fourth-order valence-electron chi connectivity index (χ4n) is 7.51. The number of hydrogen-bond acceptors (Lipinski definition) is 7. The molecular weight excluding hydrogens is 653 g/mol. The Labute approximate surface area is 295 Å². The summed E-state index contributed by atoms with van der Waals surface area (Å²) in [5.74, 6) is -2.68. The van der Waals surface area contributed by atoms with Crippen LogP contribution in [-0.2, 0) is 0 Å². The fraction of sp³-hybridized carbons (Fsp3) is 0. The first-order chi connectivity index (χ1) is 24.9. The van der Waals surface area contributed by atoms with Crippen LogP contribution in [0.2, 0.25) is 0 Å². The molecule has 0 fully saturated rings. The van der Waals surface area contributed by atoms with Gasteiger partial charge in [-0.3, -0.25) is 0 Å². The van der Waals surface area contributed by atoms with Crippen molar-refractivity contribution in [3.63, 3.8) is 0 Å². The zero-order valence-electron chi connectivity index (χ0n) is 26.7. The third kappa shape index (κ3) is 4.06. The van der Waals surface area contributed by atoms with E-state index in [9.17, 15) is 20.4 Å². The average molecular weight is 678 g/mol. The third-order valence-electron chi connectivity index (χ3n) is 9.78. The van der Waals surface area contributed by atoms with Gasteiger partial charge < -0.3 is 25.0 Å². The maximum absolute atomic E-state index is 11.0. The monoisotopic (exact) mass is 677 g/mol. The Morgan fingerprint density at radius 2 is 1.25 bits per heavy atom. The largest absolute Gasteiger partial charge is 0.508 e. The van der Waals surface area contributed by atoms with Crippen LogP contribution < -0.4 is 5.46 Å². The molecule has 0 unspecified atom stereocenters. The maximum atomic E-state index is 11.0. The summed E-state index contributed by atoms with van der Waals surface area (Å²) in [5.41, 5.74) is 3.77. The molecule has 10 rings (SSSR count). The van der Waals surface area contributed by atoms with E-state index in [0.29, 0.717) is 22.3 Å². The number of para-hydroxylation sites is 2. The summed E-state index contributed by atoms with van der Waals surface area (Å²) in [6.07, 6.45) is 0. The van der Waals surface area contributed by atoms with Crippen molar-refractivity contribution in [3.05, 3.63) is 121 Å². The number of phenols is 4. The first kappa shape index (κ1) is 29.4. The van der Waals surface area contributed by atoms with E-state index in [-0.39, 0.29) is 11.3 Å². The minimum atomic E-state index is -0.849. The van der Waals surface area contributed by atoms with Crippen molar-refractivity contribution in [2.45, 2.75) is 0 Å². The zero-order valence-corrected chi connectivity index (χ0v) is 27.5. The highest BCUT2D eigenvalue weighted by Crippen LogP contribution is 2.49. The van der Waals surface area contributed by atoms with Crippen molar-refractivity contribution in [3.8, 4) is 51.3 Å². The van der Waals surface area contributed by atoms with Gasteiger partial charge in [0.15, 0.2) is 17.3 Å². The van der Waals surface area contributed by atoms with Crippen LogP contribution in [0.3, 0.4) is 0 Å². The Hall–Kier alpha value is -6.58. The van der Waals surface area contributed by atoms with Gasteiger partial charge in [-0.05, 0) is 41.2 Å². The van der Waals surface area contributed by atoms with E-state index in [0.717, 1.165) is 22.1 Å². The highest BCUT2D eigenvalue weighted by atomic mass is 32.1. The summed E-state index contributed by atoms with van der Waals surface area (Å²) in [5, 5.41) is 50.3. The highest BCUT2D eigenvalue weighted by Gasteiger charge is 2.26. The van der Waals surface area contributed by atoms with E-state index >= 15 is 0 Å². The summed E-state index contributed by atoms with van der Waals surface area (Å²) in [7, 11) is 5.93. The number of phenolic OH excluding ortho intramolecular Hbond substituents is 4. The molecule has 240 valence electrons. The molecule has 0 spiro atoms. The molecule has 3 heterocycles. The number of fused-ring (bicyclic) bond motifs is 11. The van der Waals surface area contributed by atoms with E-state index in [1.807, 2.05) is 41.7 Å². The van der Waals surface area contributed by atoms with Crippen LogP contribution in [-0.4, -0.2) is 42.8 Å². The van der Waals surface area contributed by atoms with Crippen molar-refractivity contribution in [2.75, 3.05) is 0 Å². The maximum Gasteiger partial charge on any atom is 0.200 e. The Morgan fingerprint density at radius 3 is 2.08 bits per heavy atom. The number of nitrogens with zero attached hydrogens (tertiary/aromatic N) is 3. The van der Waals surface area contributed by atoms with E-state index in [1.165, 1.54) is 36.3 Å². The van der Waals surface area contributed by atoms with Gasteiger partial charge in [0.2, 0.25) is 5.75 Å². The summed E-state index contributed by atoms with van der Waals surface area (Å²) in [4.78, 5) is 9.76. The molecular formula is C42H24BN3O4S. The van der Waals surface area contributed by atoms with Gasteiger partial charge in [-0.1, -0.05) is 91.0 Å². The number of thiophene rings is 1. The number of hydrogen-bond donors (Lipinski definition) is 4. The predicted octanol–water partition coefficient (Wildman–Crippen LogP) is 9.20. The molecule has 0 aliphatic heterocycles. The summed E-state index contributed by atoms with van der Waals surface area (Å²) >= 11 is 1.81. The second kappa shape index (κ2) is 10.7. The number of aromatic hydroxyl groups is 4. The van der Waals surface area contributed by atoms with Crippen molar-refractivity contribution in [2.24, 2.45) is 0 Å². The fourth-order valence-corrected chi connectivity index (χ4v) is 8.75. The van der Waals surface area contributed by atoms with Crippen molar-refractivity contribution in [1.29, 1.82) is 0 Å². The van der Waals surface area contributed by atoms with Crippen LogP contribution in [0.1, 0.15) is 0 Å². The lowest BCUT2D eigenvalue weighted by molar-refractivity contribution is 0.365. The van der Waals surface area contributed by atoms with Crippen LogP contribution in [0.5, 0.6) is 23.0 Å². The van der Waals surface area contributed by atoms with Gasteiger partial charge in [-0.25, -0.2) is 9.97 Å². The Balaban J connectivity index is 1.29. The number of benzene rings is 7. The SMILES string of the molecule is [B]c1c(O)c(O)c(O)c(-c2nc(-c3cccc(-n4c5ccccc5c5c6ccccc6c6sc7ccccc7c6c54)c3)nc3ccccc23)c1O. The van der Waals surface area contributed by atoms with Gasteiger partial charge in [0.05, 0.1) is 27.8 Å². The molecule has 51 heavy (non-hydrogen) atoms. The van der Waals surface area contributed by atoms with E-state index < -0.39 is 28.5 Å². The lowest BCUT2D eigenvalue weighted by atomic mass is 9.88. The molecule has 2 radical (unpaired) electrons. The lowest BCUT2D eigenvalue weighted by Gasteiger charge is -2.16. The molecule has 3 aromatic heterocycles. The number of aromatic nitrogens is 3. The molecule has 4 N–H and O–H groups in total. The predicted molar refractivity (Wildman–Crippen MR) is 207 cm³/mol. The molecule has 0 saturated carbocycles. The molecule has 0 atom stereocenters. The van der Waals surface area contributed by atoms with Crippen molar-refractivity contribution in [1.82, 2.24) is 14.5 Å². The van der Waals surface area contributed by atoms with Gasteiger partial charge in [-0.15, -0.1) is 11.3 Å². The minimum Gasteiger partial charge on any atom is -0.508 e. The molecule has 7 nitrogen and oxygen atoms in total. The number of rotatable bonds is 3. The summed E-state index contributed by atoms with van der Waals surface area (Å²) in [6, 6.07) is 40.8. The molecule has 0 bridgehead atoms. The van der Waals surface area contributed by atoms with Gasteiger partial charge in [0.1, 0.15) is 13.6 Å². The van der Waals surface area contributed by atoms with Gasteiger partial charge in [0.25, 0.3) is 0 Å². The van der Waals surface area contributed by atoms with Gasteiger partial charge in [-0.2, -0.15) is 0 Å². The molecule has 9 heteroatoms. The van der Waals surface area contributed by atoms with Crippen LogP contribution in [0.25, 0.3) is 92.0 Å². The Bertz CT molecular complexity index is 3080. The molecule has 0 amide bonds. The van der Waals surface area contributed by atoms with Crippen LogP contribution in [0.4, 0.5) is 0 Å². The Kier molecular flexibility index (Phi) is 6.16. The summed E-state index contributed by atoms with van der Waals surface area (Å²) in [6.45, 7) is 0. The minimum absolute atomic E-state index is 0.146. The van der Waals surface area contributed by atoms with Crippen molar-refractivity contribution < 1.29 is 20.4 Å². The van der Waals surface area contributed by atoms with E-state index in [4.69, 9.17) is 17.8 Å².